The predicted molar refractivity (Wildman–Crippen MR) is 125 cm³/mol. The van der Waals surface area contributed by atoms with E-state index in [2.05, 4.69) is 15.4 Å². The van der Waals surface area contributed by atoms with Crippen LogP contribution in [-0.4, -0.2) is 38.4 Å². The van der Waals surface area contributed by atoms with E-state index in [4.69, 9.17) is 13.8 Å². The van der Waals surface area contributed by atoms with E-state index in [0.29, 0.717) is 29.1 Å². The Bertz CT molecular complexity index is 1320. The average molecular weight is 460 g/mol. The Morgan fingerprint density at radius 3 is 2.70 bits per heavy atom. The topological polar surface area (TPSA) is 96.8 Å². The Morgan fingerprint density at radius 2 is 1.91 bits per heavy atom. The smallest absolute Gasteiger partial charge is 0.253 e. The van der Waals surface area contributed by atoms with Crippen molar-refractivity contribution < 1.29 is 13.6 Å². The van der Waals surface area contributed by atoms with Crippen LogP contribution in [0.2, 0.25) is 0 Å². The summed E-state index contributed by atoms with van der Waals surface area (Å²) in [5, 5.41) is 11.1. The number of carbonyl (C=O) groups is 1. The first-order valence-electron chi connectivity index (χ1n) is 10.9. The molecule has 0 bridgehead atoms. The van der Waals surface area contributed by atoms with E-state index in [1.54, 1.807) is 12.5 Å². The molecule has 2 aliphatic rings. The number of amides is 1. The van der Waals surface area contributed by atoms with E-state index in [-0.39, 0.29) is 17.7 Å². The number of fused-ring (bicyclic) bond motifs is 1. The molecule has 1 aliphatic carbocycles. The summed E-state index contributed by atoms with van der Waals surface area (Å²) in [5.74, 6) is 2.19. The zero-order chi connectivity index (χ0) is 22.2. The number of para-hydroxylation sites is 1. The minimum Gasteiger partial charge on any atom is -0.467 e. The average Bonchev–Trinajstić information content (AvgIpc) is 3.26. The predicted octanol–water partition coefficient (Wildman–Crippen LogP) is 4.86. The molecule has 1 amide bonds. The van der Waals surface area contributed by atoms with Crippen LogP contribution in [0.1, 0.15) is 36.8 Å². The number of carbonyl (C=O) groups excluding carboxylic acids is 1. The number of anilines is 1. The molecule has 9 heteroatoms. The van der Waals surface area contributed by atoms with Crippen LogP contribution in [0.5, 0.6) is 0 Å². The lowest BCUT2D eigenvalue weighted by Gasteiger charge is -2.19. The summed E-state index contributed by atoms with van der Waals surface area (Å²) >= 11 is 1.31. The number of hydrogen-bond acceptors (Lipinski definition) is 8. The van der Waals surface area contributed by atoms with Crippen LogP contribution >= 0.6 is 11.8 Å². The number of aromatic nitrogens is 2. The van der Waals surface area contributed by atoms with Crippen molar-refractivity contribution in [3.05, 3.63) is 72.6 Å². The molecule has 4 aromatic rings. The second-order valence-electron chi connectivity index (χ2n) is 8.08. The van der Waals surface area contributed by atoms with Crippen LogP contribution in [0.3, 0.4) is 0 Å². The van der Waals surface area contributed by atoms with Gasteiger partial charge in [-0.05, 0) is 49.2 Å². The van der Waals surface area contributed by atoms with E-state index < -0.39 is 0 Å². The number of hydrogen-bond donors (Lipinski definition) is 1. The summed E-state index contributed by atoms with van der Waals surface area (Å²) < 4.78 is 11.1. The molecule has 33 heavy (non-hydrogen) atoms. The maximum atomic E-state index is 13.2. The molecule has 0 spiro atoms. The highest BCUT2D eigenvalue weighted by Gasteiger charge is 2.35. The summed E-state index contributed by atoms with van der Waals surface area (Å²) in [5.41, 5.74) is 1.58. The quantitative estimate of drug-likeness (QED) is 0.311. The zero-order valence-electron chi connectivity index (χ0n) is 17.7. The van der Waals surface area contributed by atoms with Crippen molar-refractivity contribution in [1.29, 1.82) is 0 Å². The first-order chi connectivity index (χ1) is 16.2. The van der Waals surface area contributed by atoms with Crippen molar-refractivity contribution >= 4 is 40.1 Å². The fraction of sp³-hybridized carbons (Fsp3) is 0.250. The summed E-state index contributed by atoms with van der Waals surface area (Å²) in [6, 6.07) is 15.4. The molecule has 166 valence electrons. The Morgan fingerprint density at radius 1 is 1.06 bits per heavy atom. The Kier molecular flexibility index (Phi) is 5.10. The van der Waals surface area contributed by atoms with Gasteiger partial charge in [0, 0.05) is 17.8 Å². The van der Waals surface area contributed by atoms with Crippen molar-refractivity contribution in [3.8, 4) is 0 Å². The monoisotopic (exact) mass is 459 g/mol. The SMILES string of the molecule is O=C(CSc1nc(NC2CC2)c2ccccc2n1)N1N=C(c2ccco2)CC1c1ccco1. The minimum absolute atomic E-state index is 0.142. The van der Waals surface area contributed by atoms with Gasteiger partial charge in [0.05, 0.1) is 23.8 Å². The van der Waals surface area contributed by atoms with Crippen LogP contribution in [0.15, 0.2) is 80.1 Å². The van der Waals surface area contributed by atoms with E-state index >= 15 is 0 Å². The molecule has 1 aliphatic heterocycles. The first-order valence-corrected chi connectivity index (χ1v) is 11.9. The number of benzene rings is 1. The lowest BCUT2D eigenvalue weighted by atomic mass is 10.1. The molecule has 1 atom stereocenters. The summed E-state index contributed by atoms with van der Waals surface area (Å²) in [7, 11) is 0. The highest BCUT2D eigenvalue weighted by atomic mass is 32.2. The van der Waals surface area contributed by atoms with Crippen molar-refractivity contribution in [2.24, 2.45) is 5.10 Å². The highest BCUT2D eigenvalue weighted by Crippen LogP contribution is 2.34. The largest absolute Gasteiger partial charge is 0.467 e. The normalized spacial score (nSPS) is 18.0. The number of thioether (sulfide) groups is 1. The van der Waals surface area contributed by atoms with E-state index in [9.17, 15) is 4.79 Å². The number of nitrogens with one attached hydrogen (secondary N) is 1. The summed E-state index contributed by atoms with van der Waals surface area (Å²) in [6.07, 6.45) is 6.04. The molecular weight excluding hydrogens is 438 g/mol. The molecule has 4 heterocycles. The Hall–Kier alpha value is -3.59. The van der Waals surface area contributed by atoms with Gasteiger partial charge in [0.1, 0.15) is 29.1 Å². The molecule has 1 unspecified atom stereocenters. The number of hydrazone groups is 1. The van der Waals surface area contributed by atoms with Crippen molar-refractivity contribution in [1.82, 2.24) is 15.0 Å². The maximum absolute atomic E-state index is 13.2. The second-order valence-corrected chi connectivity index (χ2v) is 9.02. The number of nitrogens with zero attached hydrogens (tertiary/aromatic N) is 4. The fourth-order valence-electron chi connectivity index (χ4n) is 3.88. The van der Waals surface area contributed by atoms with Crippen LogP contribution in [0, 0.1) is 0 Å². The lowest BCUT2D eigenvalue weighted by Crippen LogP contribution is -2.28. The highest BCUT2D eigenvalue weighted by molar-refractivity contribution is 7.99. The maximum Gasteiger partial charge on any atom is 0.253 e. The standard InChI is InChI=1S/C24H21N5O3S/c30-22(29-19(21-8-4-12-32-21)13-18(28-29)20-7-3-11-31-20)14-33-24-26-17-6-2-1-5-16(17)23(27-24)25-15-9-10-15/h1-8,11-12,15,19H,9-10,13-14H2,(H,25,26,27). The van der Waals surface area contributed by atoms with E-state index in [0.717, 1.165) is 35.3 Å². The molecule has 1 fully saturated rings. The molecule has 1 aromatic carbocycles. The number of furan rings is 2. The lowest BCUT2D eigenvalue weighted by molar-refractivity contribution is -0.130. The third-order valence-corrected chi connectivity index (χ3v) is 6.50. The van der Waals surface area contributed by atoms with Gasteiger partial charge in [-0.1, -0.05) is 23.9 Å². The van der Waals surface area contributed by atoms with Gasteiger partial charge in [0.15, 0.2) is 5.16 Å². The number of rotatable bonds is 7. The van der Waals surface area contributed by atoms with Gasteiger partial charge < -0.3 is 14.2 Å². The van der Waals surface area contributed by atoms with Crippen molar-refractivity contribution in [2.75, 3.05) is 11.1 Å². The molecule has 3 aromatic heterocycles. The van der Waals surface area contributed by atoms with Crippen LogP contribution in [0.4, 0.5) is 5.82 Å². The minimum atomic E-state index is -0.308. The van der Waals surface area contributed by atoms with Crippen LogP contribution < -0.4 is 5.32 Å². The van der Waals surface area contributed by atoms with Gasteiger partial charge in [-0.25, -0.2) is 15.0 Å². The molecule has 1 saturated carbocycles. The zero-order valence-corrected chi connectivity index (χ0v) is 18.5. The van der Waals surface area contributed by atoms with Crippen molar-refractivity contribution in [3.63, 3.8) is 0 Å². The van der Waals surface area contributed by atoms with Gasteiger partial charge in [-0.15, -0.1) is 0 Å². The Labute approximate surface area is 194 Å². The van der Waals surface area contributed by atoms with Gasteiger partial charge in [-0.2, -0.15) is 5.10 Å². The second kappa shape index (κ2) is 8.40. The molecule has 8 nitrogen and oxygen atoms in total. The van der Waals surface area contributed by atoms with Crippen LogP contribution in [-0.2, 0) is 4.79 Å². The van der Waals surface area contributed by atoms with Gasteiger partial charge in [0.2, 0.25) is 0 Å². The molecule has 1 N–H and O–H groups in total. The van der Waals surface area contributed by atoms with Gasteiger partial charge >= 0.3 is 0 Å². The summed E-state index contributed by atoms with van der Waals surface area (Å²) in [6.45, 7) is 0. The summed E-state index contributed by atoms with van der Waals surface area (Å²) in [4.78, 5) is 22.6. The molecular formula is C24H21N5O3S. The molecule has 0 radical (unpaired) electrons. The molecule has 6 rings (SSSR count). The van der Waals surface area contributed by atoms with Crippen LogP contribution in [0.25, 0.3) is 10.9 Å². The van der Waals surface area contributed by atoms with E-state index in [1.165, 1.54) is 16.8 Å². The van der Waals surface area contributed by atoms with E-state index in [1.807, 2.05) is 48.5 Å². The van der Waals surface area contributed by atoms with Crippen molar-refractivity contribution in [2.45, 2.75) is 36.5 Å². The van der Waals surface area contributed by atoms with Gasteiger partial charge in [-0.3, -0.25) is 4.79 Å². The third kappa shape index (κ3) is 4.11. The molecule has 0 saturated heterocycles. The van der Waals surface area contributed by atoms with Gasteiger partial charge in [0.25, 0.3) is 5.91 Å². The first kappa shape index (κ1) is 20.0. The Balaban J connectivity index is 1.23. The third-order valence-electron chi connectivity index (χ3n) is 5.67. The fourth-order valence-corrected chi connectivity index (χ4v) is 4.58.